The van der Waals surface area contributed by atoms with Crippen LogP contribution in [0.2, 0.25) is 0 Å². The maximum absolute atomic E-state index is 13.3. The number of carbonyl (C=O) groups is 2. The summed E-state index contributed by atoms with van der Waals surface area (Å²) in [6.07, 6.45) is 19.2. The molecule has 4 aromatic heterocycles. The quantitative estimate of drug-likeness (QED) is 0.0499. The minimum atomic E-state index is -0.213. The second-order valence-electron chi connectivity index (χ2n) is 13.6. The van der Waals surface area contributed by atoms with Crippen LogP contribution in [0.15, 0.2) is 47.2 Å². The topological polar surface area (TPSA) is 52.6 Å². The number of hydrogen-bond donors (Lipinski definition) is 0. The van der Waals surface area contributed by atoms with Crippen LogP contribution in [0.25, 0.3) is 29.3 Å². The number of ether oxygens (including phenoxy) is 2. The number of hydrogen-bond acceptors (Lipinski definition) is 8. The van der Waals surface area contributed by atoms with Crippen LogP contribution < -0.4 is 0 Å². The van der Waals surface area contributed by atoms with Gasteiger partial charge in [0, 0.05) is 19.5 Å². The Labute approximate surface area is 317 Å². The lowest BCUT2D eigenvalue weighted by molar-refractivity contribution is 0.0415. The third-order valence-electron chi connectivity index (χ3n) is 9.44. The van der Waals surface area contributed by atoms with Crippen molar-refractivity contribution in [2.45, 2.75) is 130 Å². The molecule has 8 heteroatoms. The number of carbonyl (C=O) groups excluding carboxylic acids is 2. The van der Waals surface area contributed by atoms with Gasteiger partial charge in [-0.15, -0.1) is 45.3 Å². The van der Waals surface area contributed by atoms with E-state index in [0.29, 0.717) is 36.2 Å². The summed E-state index contributed by atoms with van der Waals surface area (Å²) in [5, 5.41) is 3.98. The molecule has 4 heterocycles. The van der Waals surface area contributed by atoms with Gasteiger partial charge in [0.15, 0.2) is 0 Å². The van der Waals surface area contributed by atoms with Gasteiger partial charge in [-0.25, -0.2) is 9.59 Å². The van der Waals surface area contributed by atoms with E-state index in [1.807, 2.05) is 22.9 Å². The van der Waals surface area contributed by atoms with Crippen LogP contribution in [-0.4, -0.2) is 25.2 Å². The SMILES string of the molecule is CCCCCCC(CCCC)COC(=O)c1ccsc1-c1ccc(-c2ccc(-c3sccc3C(=O)OCC(CCCC)CCCCCC)s2)s1. The van der Waals surface area contributed by atoms with Crippen LogP contribution in [0.4, 0.5) is 0 Å². The zero-order chi connectivity index (χ0) is 35.6. The molecule has 4 aromatic rings. The molecule has 2 unspecified atom stereocenters. The molecule has 50 heavy (non-hydrogen) atoms. The number of thiophene rings is 4. The molecule has 0 saturated carbocycles. The first kappa shape index (κ1) is 40.5. The van der Waals surface area contributed by atoms with E-state index in [9.17, 15) is 9.59 Å². The van der Waals surface area contributed by atoms with Gasteiger partial charge in [-0.2, -0.15) is 0 Å². The van der Waals surface area contributed by atoms with E-state index in [1.165, 1.54) is 77.0 Å². The van der Waals surface area contributed by atoms with Gasteiger partial charge in [0.2, 0.25) is 0 Å². The summed E-state index contributed by atoms with van der Waals surface area (Å²) in [4.78, 5) is 33.0. The molecule has 4 nitrogen and oxygen atoms in total. The molecular formula is C42H58O4S4. The van der Waals surface area contributed by atoms with Gasteiger partial charge < -0.3 is 9.47 Å². The lowest BCUT2D eigenvalue weighted by Gasteiger charge is -2.17. The normalized spacial score (nSPS) is 12.6. The Balaban J connectivity index is 1.38. The third-order valence-corrected chi connectivity index (χ3v) is 14.0. The van der Waals surface area contributed by atoms with Crippen molar-refractivity contribution in [2.24, 2.45) is 11.8 Å². The lowest BCUT2D eigenvalue weighted by atomic mass is 9.96. The van der Waals surface area contributed by atoms with Crippen LogP contribution in [-0.2, 0) is 9.47 Å². The summed E-state index contributed by atoms with van der Waals surface area (Å²) in [5.41, 5.74) is 1.32. The highest BCUT2D eigenvalue weighted by molar-refractivity contribution is 7.28. The summed E-state index contributed by atoms with van der Waals surface area (Å²) >= 11 is 6.59. The van der Waals surface area contributed by atoms with Crippen molar-refractivity contribution < 1.29 is 19.1 Å². The number of unbranched alkanes of at least 4 members (excludes halogenated alkanes) is 8. The Hall–Kier alpha value is -2.26. The van der Waals surface area contributed by atoms with Gasteiger partial charge in [-0.05, 0) is 84.7 Å². The molecular weight excluding hydrogens is 697 g/mol. The molecule has 0 aromatic carbocycles. The molecule has 0 aliphatic rings. The van der Waals surface area contributed by atoms with E-state index in [1.54, 1.807) is 45.3 Å². The minimum Gasteiger partial charge on any atom is -0.462 e. The van der Waals surface area contributed by atoms with E-state index in [2.05, 4.69) is 52.0 Å². The highest BCUT2D eigenvalue weighted by Gasteiger charge is 2.22. The van der Waals surface area contributed by atoms with Crippen molar-refractivity contribution in [3.8, 4) is 29.3 Å². The van der Waals surface area contributed by atoms with E-state index in [0.717, 1.165) is 54.9 Å². The average molecular weight is 755 g/mol. The van der Waals surface area contributed by atoms with E-state index in [-0.39, 0.29) is 11.9 Å². The molecule has 0 aliphatic carbocycles. The fraction of sp³-hybridized carbons (Fsp3) is 0.571. The van der Waals surface area contributed by atoms with Crippen LogP contribution >= 0.6 is 45.3 Å². The van der Waals surface area contributed by atoms with Crippen molar-refractivity contribution in [3.63, 3.8) is 0 Å². The maximum atomic E-state index is 13.3. The molecule has 2 atom stereocenters. The molecule has 0 saturated heterocycles. The molecule has 0 N–H and O–H groups in total. The first-order valence-electron chi connectivity index (χ1n) is 19.2. The van der Waals surface area contributed by atoms with Crippen molar-refractivity contribution in [2.75, 3.05) is 13.2 Å². The molecule has 4 rings (SSSR count). The molecule has 0 spiro atoms. The lowest BCUT2D eigenvalue weighted by Crippen LogP contribution is -2.15. The predicted octanol–water partition coefficient (Wildman–Crippen LogP) is 14.8. The van der Waals surface area contributed by atoms with Crippen molar-refractivity contribution in [1.82, 2.24) is 0 Å². The Kier molecular flexibility index (Phi) is 18.3. The van der Waals surface area contributed by atoms with Gasteiger partial charge in [0.1, 0.15) is 0 Å². The van der Waals surface area contributed by atoms with Gasteiger partial charge >= 0.3 is 11.9 Å². The molecule has 274 valence electrons. The molecule has 0 radical (unpaired) electrons. The van der Waals surface area contributed by atoms with Crippen LogP contribution in [0.3, 0.4) is 0 Å². The fourth-order valence-corrected chi connectivity index (χ4v) is 10.5. The highest BCUT2D eigenvalue weighted by Crippen LogP contribution is 2.44. The smallest absolute Gasteiger partial charge is 0.339 e. The average Bonchev–Trinajstić information content (AvgIpc) is 3.96. The Morgan fingerprint density at radius 2 is 0.880 bits per heavy atom. The summed E-state index contributed by atoms with van der Waals surface area (Å²) < 4.78 is 11.9. The van der Waals surface area contributed by atoms with Crippen LogP contribution in [0.1, 0.15) is 151 Å². The van der Waals surface area contributed by atoms with Crippen molar-refractivity contribution >= 4 is 57.3 Å². The monoisotopic (exact) mass is 754 g/mol. The van der Waals surface area contributed by atoms with E-state index < -0.39 is 0 Å². The number of rotatable bonds is 25. The first-order valence-corrected chi connectivity index (χ1v) is 22.6. The predicted molar refractivity (Wildman–Crippen MR) is 218 cm³/mol. The van der Waals surface area contributed by atoms with Crippen molar-refractivity contribution in [1.29, 1.82) is 0 Å². The maximum Gasteiger partial charge on any atom is 0.339 e. The van der Waals surface area contributed by atoms with Crippen LogP contribution in [0, 0.1) is 11.8 Å². The molecule has 0 bridgehead atoms. The standard InChI is InChI=1S/C42H58O4S4/c1-5-9-13-15-19-31(17-11-7-3)29-45-41(43)33-25-27-47-39(33)37-23-21-35(49-37)36-22-24-38(50-36)40-34(26-28-48-40)42(44)46-30-32(18-12-8-4)20-16-14-10-6-2/h21-28,31-32H,5-20,29-30H2,1-4H3. The number of esters is 2. The summed E-state index contributed by atoms with van der Waals surface area (Å²) in [6.45, 7) is 9.94. The van der Waals surface area contributed by atoms with E-state index in [4.69, 9.17) is 9.47 Å². The Morgan fingerprint density at radius 3 is 1.28 bits per heavy atom. The Morgan fingerprint density at radius 1 is 0.500 bits per heavy atom. The zero-order valence-electron chi connectivity index (χ0n) is 30.8. The first-order chi connectivity index (χ1) is 24.5. The molecule has 0 amide bonds. The third kappa shape index (κ3) is 12.5. The molecule has 0 aliphatic heterocycles. The van der Waals surface area contributed by atoms with Gasteiger partial charge in [-0.1, -0.05) is 105 Å². The second-order valence-corrected chi connectivity index (χ2v) is 17.6. The van der Waals surface area contributed by atoms with Gasteiger partial charge in [-0.3, -0.25) is 0 Å². The summed E-state index contributed by atoms with van der Waals surface area (Å²) in [5.74, 6) is 0.450. The molecule has 0 fully saturated rings. The second kappa shape index (κ2) is 22.6. The Bertz CT molecular complexity index is 1430. The largest absolute Gasteiger partial charge is 0.462 e. The zero-order valence-corrected chi connectivity index (χ0v) is 34.0. The van der Waals surface area contributed by atoms with E-state index >= 15 is 0 Å². The van der Waals surface area contributed by atoms with Gasteiger partial charge in [0.25, 0.3) is 0 Å². The summed E-state index contributed by atoms with van der Waals surface area (Å²) in [7, 11) is 0. The highest BCUT2D eigenvalue weighted by atomic mass is 32.1. The van der Waals surface area contributed by atoms with Crippen LogP contribution in [0.5, 0.6) is 0 Å². The van der Waals surface area contributed by atoms with Gasteiger partial charge in [0.05, 0.1) is 34.1 Å². The van der Waals surface area contributed by atoms with Crippen molar-refractivity contribution in [3.05, 3.63) is 58.3 Å². The minimum absolute atomic E-state index is 0.213. The summed E-state index contributed by atoms with van der Waals surface area (Å²) in [6, 6.07) is 12.3. The fourth-order valence-electron chi connectivity index (χ4n) is 6.38.